The summed E-state index contributed by atoms with van der Waals surface area (Å²) >= 11 is 6.07. The van der Waals surface area contributed by atoms with E-state index in [1.807, 2.05) is 0 Å². The van der Waals surface area contributed by atoms with E-state index in [1.54, 1.807) is 6.20 Å². The van der Waals surface area contributed by atoms with Gasteiger partial charge in [-0.05, 0) is 12.8 Å². The molecule has 1 aromatic rings. The maximum Gasteiger partial charge on any atom is 0.287 e. The SMILES string of the molecule is C#CC(CCC)Nc1cnn(CCCC)c(=O)c1Cl. The zero-order valence-electron chi connectivity index (χ0n) is 11.4. The van der Waals surface area contributed by atoms with Crippen LogP contribution in [0.1, 0.15) is 39.5 Å². The number of hydrogen-bond donors (Lipinski definition) is 1. The maximum atomic E-state index is 12.0. The first-order valence-corrected chi connectivity index (χ1v) is 7.00. The van der Waals surface area contributed by atoms with Crippen LogP contribution >= 0.6 is 11.6 Å². The van der Waals surface area contributed by atoms with E-state index in [0.717, 1.165) is 25.7 Å². The second kappa shape index (κ2) is 7.85. The number of halogens is 1. The third kappa shape index (κ3) is 4.29. The lowest BCUT2D eigenvalue weighted by atomic mass is 10.2. The van der Waals surface area contributed by atoms with Gasteiger partial charge in [0.1, 0.15) is 5.02 Å². The molecule has 1 aromatic heterocycles. The molecule has 0 saturated heterocycles. The summed E-state index contributed by atoms with van der Waals surface area (Å²) in [5.74, 6) is 2.64. The average Bonchev–Trinajstić information content (AvgIpc) is 2.42. The van der Waals surface area contributed by atoms with Crippen LogP contribution in [0.2, 0.25) is 5.02 Å². The molecule has 1 atom stereocenters. The number of rotatable bonds is 7. The molecular weight excluding hydrogens is 262 g/mol. The number of nitrogens with one attached hydrogen (secondary N) is 1. The molecule has 0 radical (unpaired) electrons. The van der Waals surface area contributed by atoms with Gasteiger partial charge in [-0.25, -0.2) is 4.68 Å². The normalized spacial score (nSPS) is 11.9. The summed E-state index contributed by atoms with van der Waals surface area (Å²) in [6.45, 7) is 4.70. The Morgan fingerprint density at radius 2 is 2.26 bits per heavy atom. The van der Waals surface area contributed by atoms with Crippen LogP contribution in [-0.4, -0.2) is 15.8 Å². The van der Waals surface area contributed by atoms with Crippen molar-refractivity contribution in [1.29, 1.82) is 0 Å². The quantitative estimate of drug-likeness (QED) is 0.782. The molecule has 1 unspecified atom stereocenters. The van der Waals surface area contributed by atoms with Crippen LogP contribution in [0, 0.1) is 12.3 Å². The monoisotopic (exact) mass is 281 g/mol. The number of aryl methyl sites for hydroxylation is 1. The summed E-state index contributed by atoms with van der Waals surface area (Å²) in [6, 6.07) is -0.129. The van der Waals surface area contributed by atoms with Crippen molar-refractivity contribution in [3.8, 4) is 12.3 Å². The lowest BCUT2D eigenvalue weighted by Gasteiger charge is -2.15. The Balaban J connectivity index is 2.90. The van der Waals surface area contributed by atoms with Crippen LogP contribution < -0.4 is 10.9 Å². The molecule has 0 fully saturated rings. The third-order valence-corrected chi connectivity index (χ3v) is 3.18. The predicted octanol–water partition coefficient (Wildman–Crippen LogP) is 2.91. The van der Waals surface area contributed by atoms with E-state index in [4.69, 9.17) is 18.0 Å². The van der Waals surface area contributed by atoms with E-state index < -0.39 is 0 Å². The number of anilines is 1. The molecule has 0 spiro atoms. The fourth-order valence-electron chi connectivity index (χ4n) is 1.71. The first-order chi connectivity index (χ1) is 9.13. The van der Waals surface area contributed by atoms with Crippen LogP contribution in [0.25, 0.3) is 0 Å². The molecule has 1 heterocycles. The Kier molecular flexibility index (Phi) is 6.44. The summed E-state index contributed by atoms with van der Waals surface area (Å²) in [4.78, 5) is 12.0. The minimum Gasteiger partial charge on any atom is -0.369 e. The summed E-state index contributed by atoms with van der Waals surface area (Å²) in [5.41, 5.74) is 0.239. The molecule has 0 bridgehead atoms. The zero-order chi connectivity index (χ0) is 14.3. The molecular formula is C14H20ClN3O. The van der Waals surface area contributed by atoms with Gasteiger partial charge >= 0.3 is 0 Å². The van der Waals surface area contributed by atoms with Crippen molar-refractivity contribution in [1.82, 2.24) is 9.78 Å². The Bertz CT molecular complexity index is 504. The van der Waals surface area contributed by atoms with E-state index in [-0.39, 0.29) is 16.6 Å². The van der Waals surface area contributed by atoms with Gasteiger partial charge in [-0.1, -0.05) is 44.2 Å². The predicted molar refractivity (Wildman–Crippen MR) is 79.6 cm³/mol. The first-order valence-electron chi connectivity index (χ1n) is 6.62. The summed E-state index contributed by atoms with van der Waals surface area (Å²) in [6.07, 6.45) is 10.7. The van der Waals surface area contributed by atoms with Crippen molar-refractivity contribution in [2.24, 2.45) is 0 Å². The van der Waals surface area contributed by atoms with E-state index in [1.165, 1.54) is 4.68 Å². The topological polar surface area (TPSA) is 46.9 Å². The highest BCUT2D eigenvalue weighted by molar-refractivity contribution is 6.32. The Hall–Kier alpha value is -1.47. The Labute approximate surface area is 119 Å². The average molecular weight is 282 g/mol. The van der Waals surface area contributed by atoms with Gasteiger partial charge in [0, 0.05) is 6.54 Å². The molecule has 0 aliphatic carbocycles. The molecule has 1 N–H and O–H groups in total. The highest BCUT2D eigenvalue weighted by Crippen LogP contribution is 2.17. The molecule has 104 valence electrons. The van der Waals surface area contributed by atoms with E-state index in [2.05, 4.69) is 30.2 Å². The van der Waals surface area contributed by atoms with E-state index >= 15 is 0 Å². The van der Waals surface area contributed by atoms with Crippen molar-refractivity contribution in [2.75, 3.05) is 5.32 Å². The number of terminal acetylenes is 1. The van der Waals surface area contributed by atoms with Gasteiger partial charge in [-0.3, -0.25) is 4.79 Å². The number of nitrogens with zero attached hydrogens (tertiary/aromatic N) is 2. The Morgan fingerprint density at radius 3 is 2.84 bits per heavy atom. The van der Waals surface area contributed by atoms with E-state index in [0.29, 0.717) is 12.2 Å². The van der Waals surface area contributed by atoms with Gasteiger partial charge in [-0.2, -0.15) is 5.10 Å². The van der Waals surface area contributed by atoms with E-state index in [9.17, 15) is 4.79 Å². The lowest BCUT2D eigenvalue weighted by Crippen LogP contribution is -2.26. The molecule has 4 nitrogen and oxygen atoms in total. The van der Waals surface area contributed by atoms with Crippen LogP contribution in [0.4, 0.5) is 5.69 Å². The second-order valence-electron chi connectivity index (χ2n) is 4.41. The molecule has 0 saturated carbocycles. The first kappa shape index (κ1) is 15.6. The highest BCUT2D eigenvalue weighted by Gasteiger charge is 2.11. The molecule has 1 rings (SSSR count). The van der Waals surface area contributed by atoms with Gasteiger partial charge in [-0.15, -0.1) is 6.42 Å². The standard InChI is InChI=1S/C14H20ClN3O/c1-4-7-9-18-14(19)13(15)12(10-16-18)17-11(6-3)8-5-2/h3,10-11,17H,4-5,7-9H2,1-2H3. The van der Waals surface area contributed by atoms with Crippen molar-refractivity contribution in [3.63, 3.8) is 0 Å². The van der Waals surface area contributed by atoms with Gasteiger partial charge < -0.3 is 5.32 Å². The van der Waals surface area contributed by atoms with Crippen LogP contribution in [0.5, 0.6) is 0 Å². The molecule has 5 heteroatoms. The summed E-state index contributed by atoms with van der Waals surface area (Å²) < 4.78 is 1.39. The van der Waals surface area contributed by atoms with Crippen molar-refractivity contribution in [2.45, 2.75) is 52.1 Å². The minimum absolute atomic E-state index is 0.129. The largest absolute Gasteiger partial charge is 0.369 e. The fourth-order valence-corrected chi connectivity index (χ4v) is 1.91. The lowest BCUT2D eigenvalue weighted by molar-refractivity contribution is 0.543. The maximum absolute atomic E-state index is 12.0. The summed E-state index contributed by atoms with van der Waals surface area (Å²) in [5, 5.41) is 7.35. The molecule has 0 amide bonds. The van der Waals surface area contributed by atoms with Gasteiger partial charge in [0.05, 0.1) is 17.9 Å². The minimum atomic E-state index is -0.271. The van der Waals surface area contributed by atoms with Gasteiger partial charge in [0.25, 0.3) is 5.56 Å². The highest BCUT2D eigenvalue weighted by atomic mass is 35.5. The molecule has 0 aliphatic heterocycles. The second-order valence-corrected chi connectivity index (χ2v) is 4.78. The third-order valence-electron chi connectivity index (χ3n) is 2.82. The number of hydrogen-bond acceptors (Lipinski definition) is 3. The zero-order valence-corrected chi connectivity index (χ0v) is 12.2. The van der Waals surface area contributed by atoms with Gasteiger partial charge in [0.2, 0.25) is 0 Å². The van der Waals surface area contributed by atoms with Crippen molar-refractivity contribution < 1.29 is 0 Å². The van der Waals surface area contributed by atoms with Crippen molar-refractivity contribution in [3.05, 3.63) is 21.6 Å². The molecule has 0 aliphatic rings. The van der Waals surface area contributed by atoms with Gasteiger partial charge in [0.15, 0.2) is 0 Å². The summed E-state index contributed by atoms with van der Waals surface area (Å²) in [7, 11) is 0. The van der Waals surface area contributed by atoms with Crippen LogP contribution in [-0.2, 0) is 6.54 Å². The Morgan fingerprint density at radius 1 is 1.53 bits per heavy atom. The fraction of sp³-hybridized carbons (Fsp3) is 0.571. The number of unbranched alkanes of at least 4 members (excludes halogenated alkanes) is 1. The van der Waals surface area contributed by atoms with Crippen LogP contribution in [0.15, 0.2) is 11.0 Å². The van der Waals surface area contributed by atoms with Crippen molar-refractivity contribution >= 4 is 17.3 Å². The van der Waals surface area contributed by atoms with Crippen LogP contribution in [0.3, 0.4) is 0 Å². The molecule has 0 aromatic carbocycles. The number of aromatic nitrogens is 2. The smallest absolute Gasteiger partial charge is 0.287 e. The molecule has 19 heavy (non-hydrogen) atoms.